The molecule has 1 atom stereocenters. The Bertz CT molecular complexity index is 925. The molecule has 3 rings (SSSR count). The van der Waals surface area contributed by atoms with Gasteiger partial charge in [0.05, 0.1) is 0 Å². The summed E-state index contributed by atoms with van der Waals surface area (Å²) in [7, 11) is 0. The predicted molar refractivity (Wildman–Crippen MR) is 111 cm³/mol. The number of nitrogens with one attached hydrogen (secondary N) is 1. The van der Waals surface area contributed by atoms with Gasteiger partial charge in [0, 0.05) is 11.8 Å². The molecule has 1 heterocycles. The summed E-state index contributed by atoms with van der Waals surface area (Å²) in [5.41, 5.74) is 2.63. The molecule has 0 saturated carbocycles. The zero-order valence-electron chi connectivity index (χ0n) is 17.0. The second kappa shape index (κ2) is 8.39. The monoisotopic (exact) mass is 395 g/mol. The number of amides is 1. The molecule has 1 unspecified atom stereocenters. The largest absolute Gasteiger partial charge is 0.454 e. The summed E-state index contributed by atoms with van der Waals surface area (Å²) in [6.45, 7) is 8.10. The quantitative estimate of drug-likeness (QED) is 0.604. The number of carbonyl (C=O) groups is 2. The summed E-state index contributed by atoms with van der Waals surface area (Å²) in [5, 5.41) is 2.76. The highest BCUT2D eigenvalue weighted by molar-refractivity contribution is 5.96. The maximum Gasteiger partial charge on any atom is 0.331 e. The Kier molecular flexibility index (Phi) is 5.92. The van der Waals surface area contributed by atoms with Gasteiger partial charge in [-0.1, -0.05) is 39.0 Å². The molecule has 0 bridgehead atoms. The molecule has 2 aromatic rings. The molecule has 0 aliphatic carbocycles. The van der Waals surface area contributed by atoms with Crippen molar-refractivity contribution < 1.29 is 23.8 Å². The fraction of sp³-hybridized carbons (Fsp3) is 0.304. The van der Waals surface area contributed by atoms with E-state index in [2.05, 4.69) is 26.1 Å². The zero-order chi connectivity index (χ0) is 21.0. The predicted octanol–water partition coefficient (Wildman–Crippen LogP) is 4.30. The number of hydrogen-bond acceptors (Lipinski definition) is 5. The SMILES string of the molecule is CC(OC(=O)C=Cc1ccc2c(c1)OCO2)C(=O)Nc1ccc(C(C)(C)C)cc1. The van der Waals surface area contributed by atoms with E-state index in [0.29, 0.717) is 17.2 Å². The van der Waals surface area contributed by atoms with E-state index in [1.165, 1.54) is 18.6 Å². The normalized spacial score (nSPS) is 13.9. The lowest BCUT2D eigenvalue weighted by atomic mass is 9.87. The molecule has 1 amide bonds. The lowest BCUT2D eigenvalue weighted by molar-refractivity contribution is -0.148. The number of ether oxygens (including phenoxy) is 3. The first kappa shape index (κ1) is 20.5. The van der Waals surface area contributed by atoms with E-state index >= 15 is 0 Å². The van der Waals surface area contributed by atoms with Gasteiger partial charge in [-0.15, -0.1) is 0 Å². The maximum absolute atomic E-state index is 12.3. The van der Waals surface area contributed by atoms with Crippen molar-refractivity contribution in [2.24, 2.45) is 0 Å². The molecule has 0 spiro atoms. The third-order valence-corrected chi connectivity index (χ3v) is 4.49. The third-order valence-electron chi connectivity index (χ3n) is 4.49. The number of benzene rings is 2. The minimum atomic E-state index is -0.925. The topological polar surface area (TPSA) is 73.9 Å². The molecule has 152 valence electrons. The van der Waals surface area contributed by atoms with Crippen LogP contribution in [0.25, 0.3) is 6.08 Å². The van der Waals surface area contributed by atoms with Crippen molar-refractivity contribution in [2.45, 2.75) is 39.2 Å². The number of esters is 1. The van der Waals surface area contributed by atoms with Crippen molar-refractivity contribution in [3.63, 3.8) is 0 Å². The fourth-order valence-electron chi connectivity index (χ4n) is 2.75. The lowest BCUT2D eigenvalue weighted by Gasteiger charge is -2.19. The number of rotatable bonds is 5. The minimum absolute atomic E-state index is 0.0374. The van der Waals surface area contributed by atoms with Crippen LogP contribution < -0.4 is 14.8 Å². The minimum Gasteiger partial charge on any atom is -0.454 e. The molecule has 2 aromatic carbocycles. The van der Waals surface area contributed by atoms with Crippen LogP contribution in [0.2, 0.25) is 0 Å². The Morgan fingerprint density at radius 2 is 1.76 bits per heavy atom. The molecule has 0 aromatic heterocycles. The van der Waals surface area contributed by atoms with Crippen LogP contribution in [0.4, 0.5) is 5.69 Å². The zero-order valence-corrected chi connectivity index (χ0v) is 17.0. The summed E-state index contributed by atoms with van der Waals surface area (Å²) in [4.78, 5) is 24.3. The Morgan fingerprint density at radius 1 is 1.07 bits per heavy atom. The Morgan fingerprint density at radius 3 is 2.45 bits per heavy atom. The van der Waals surface area contributed by atoms with Crippen molar-refractivity contribution >= 4 is 23.6 Å². The smallest absolute Gasteiger partial charge is 0.331 e. The van der Waals surface area contributed by atoms with Crippen molar-refractivity contribution in [1.82, 2.24) is 0 Å². The molecule has 0 saturated heterocycles. The van der Waals surface area contributed by atoms with Gasteiger partial charge in [-0.05, 0) is 53.8 Å². The first-order valence-electron chi connectivity index (χ1n) is 9.42. The average Bonchev–Trinajstić information content (AvgIpc) is 3.14. The highest BCUT2D eigenvalue weighted by Crippen LogP contribution is 2.32. The van der Waals surface area contributed by atoms with Crippen LogP contribution in [-0.4, -0.2) is 24.8 Å². The van der Waals surface area contributed by atoms with Crippen LogP contribution in [0.3, 0.4) is 0 Å². The van der Waals surface area contributed by atoms with Crippen LogP contribution >= 0.6 is 0 Å². The summed E-state index contributed by atoms with van der Waals surface area (Å²) in [6, 6.07) is 13.0. The van der Waals surface area contributed by atoms with E-state index in [1.807, 2.05) is 24.3 Å². The molecule has 29 heavy (non-hydrogen) atoms. The molecule has 1 aliphatic heterocycles. The van der Waals surface area contributed by atoms with Gasteiger partial charge in [-0.3, -0.25) is 4.79 Å². The van der Waals surface area contributed by atoms with Crippen LogP contribution in [0, 0.1) is 0 Å². The van der Waals surface area contributed by atoms with Gasteiger partial charge in [0.15, 0.2) is 17.6 Å². The van der Waals surface area contributed by atoms with Crippen LogP contribution in [0.1, 0.15) is 38.8 Å². The van der Waals surface area contributed by atoms with E-state index in [0.717, 1.165) is 5.56 Å². The number of hydrogen-bond donors (Lipinski definition) is 1. The van der Waals surface area contributed by atoms with Crippen LogP contribution in [0.15, 0.2) is 48.5 Å². The number of fused-ring (bicyclic) bond motifs is 1. The molecular weight excluding hydrogens is 370 g/mol. The Labute approximate surface area is 170 Å². The molecule has 0 fully saturated rings. The van der Waals surface area contributed by atoms with E-state index < -0.39 is 18.0 Å². The van der Waals surface area contributed by atoms with Gasteiger partial charge >= 0.3 is 5.97 Å². The second-order valence-electron chi connectivity index (χ2n) is 7.84. The van der Waals surface area contributed by atoms with Gasteiger partial charge in [-0.2, -0.15) is 0 Å². The molecule has 6 nitrogen and oxygen atoms in total. The second-order valence-corrected chi connectivity index (χ2v) is 7.84. The van der Waals surface area contributed by atoms with Gasteiger partial charge in [0.25, 0.3) is 5.91 Å². The fourth-order valence-corrected chi connectivity index (χ4v) is 2.75. The summed E-state index contributed by atoms with van der Waals surface area (Å²) in [5.74, 6) is 0.308. The summed E-state index contributed by atoms with van der Waals surface area (Å²) in [6.07, 6.45) is 1.95. The van der Waals surface area contributed by atoms with E-state index in [-0.39, 0.29) is 12.2 Å². The van der Waals surface area contributed by atoms with Gasteiger partial charge in [0.2, 0.25) is 6.79 Å². The van der Waals surface area contributed by atoms with Crippen LogP contribution in [0.5, 0.6) is 11.5 Å². The molecule has 0 radical (unpaired) electrons. The van der Waals surface area contributed by atoms with Gasteiger partial charge < -0.3 is 19.5 Å². The Hall–Kier alpha value is -3.28. The van der Waals surface area contributed by atoms with Gasteiger partial charge in [0.1, 0.15) is 0 Å². The molecule has 6 heteroatoms. The van der Waals surface area contributed by atoms with E-state index in [4.69, 9.17) is 14.2 Å². The molecule has 1 aliphatic rings. The summed E-state index contributed by atoms with van der Waals surface area (Å²) < 4.78 is 15.7. The van der Waals surface area contributed by atoms with Crippen molar-refractivity contribution in [1.29, 1.82) is 0 Å². The lowest BCUT2D eigenvalue weighted by Crippen LogP contribution is -2.29. The highest BCUT2D eigenvalue weighted by atomic mass is 16.7. The summed E-state index contributed by atoms with van der Waals surface area (Å²) >= 11 is 0. The van der Waals surface area contributed by atoms with Crippen molar-refractivity contribution in [2.75, 3.05) is 12.1 Å². The third kappa shape index (κ3) is 5.38. The Balaban J connectivity index is 1.53. The average molecular weight is 395 g/mol. The standard InChI is InChI=1S/C23H25NO5/c1-15(22(26)24-18-9-7-17(8-10-18)23(2,3)4)29-21(25)12-6-16-5-11-19-20(13-16)28-14-27-19/h5-13,15H,14H2,1-4H3,(H,24,26). The van der Waals surface area contributed by atoms with E-state index in [1.54, 1.807) is 24.3 Å². The molecular formula is C23H25NO5. The van der Waals surface area contributed by atoms with Crippen LogP contribution in [-0.2, 0) is 19.7 Å². The first-order chi connectivity index (χ1) is 13.7. The van der Waals surface area contributed by atoms with Crippen molar-refractivity contribution in [3.05, 3.63) is 59.7 Å². The first-order valence-corrected chi connectivity index (χ1v) is 9.42. The maximum atomic E-state index is 12.3. The number of carbonyl (C=O) groups excluding carboxylic acids is 2. The number of anilines is 1. The highest BCUT2D eigenvalue weighted by Gasteiger charge is 2.18. The van der Waals surface area contributed by atoms with E-state index in [9.17, 15) is 9.59 Å². The van der Waals surface area contributed by atoms with Crippen molar-refractivity contribution in [3.8, 4) is 11.5 Å². The molecule has 1 N–H and O–H groups in total. The van der Waals surface area contributed by atoms with Gasteiger partial charge in [-0.25, -0.2) is 4.79 Å².